The molecule has 28 heavy (non-hydrogen) atoms. The van der Waals surface area contributed by atoms with E-state index in [1.807, 2.05) is 6.07 Å². The summed E-state index contributed by atoms with van der Waals surface area (Å²) in [5.74, 6) is 0.851. The molecule has 0 spiro atoms. The zero-order valence-corrected chi connectivity index (χ0v) is 16.3. The van der Waals surface area contributed by atoms with Crippen LogP contribution in [0, 0.1) is 11.9 Å². The van der Waals surface area contributed by atoms with Gasteiger partial charge in [0.05, 0.1) is 24.2 Å². The van der Waals surface area contributed by atoms with E-state index >= 15 is 0 Å². The molecule has 1 aliphatic rings. The van der Waals surface area contributed by atoms with Gasteiger partial charge in [-0.15, -0.1) is 0 Å². The number of methoxy groups -OCH3 is 1. The van der Waals surface area contributed by atoms with Crippen molar-refractivity contribution < 1.29 is 13.7 Å². The molecular weight excluding hydrogens is 357 g/mol. The van der Waals surface area contributed by atoms with E-state index in [0.29, 0.717) is 11.5 Å². The zero-order valence-electron chi connectivity index (χ0n) is 16.3. The van der Waals surface area contributed by atoms with Crippen LogP contribution in [0.5, 0.6) is 5.75 Å². The summed E-state index contributed by atoms with van der Waals surface area (Å²) >= 11 is 0. The molecule has 3 aromatic rings. The Balaban J connectivity index is 1.51. The largest absolute Gasteiger partial charge is 0.492 e. The van der Waals surface area contributed by atoms with Crippen LogP contribution in [-0.4, -0.2) is 31.9 Å². The number of rotatable bonds is 6. The molecule has 0 unspecified atom stereocenters. The first-order valence-corrected chi connectivity index (χ1v) is 9.83. The van der Waals surface area contributed by atoms with Gasteiger partial charge in [0.2, 0.25) is 0 Å². The van der Waals surface area contributed by atoms with Crippen LogP contribution in [0.25, 0.3) is 11.0 Å². The maximum atomic E-state index is 13.4. The van der Waals surface area contributed by atoms with E-state index in [4.69, 9.17) is 9.26 Å². The fraction of sp³-hybridized carbons (Fsp3) is 0.409. The second kappa shape index (κ2) is 8.09. The summed E-state index contributed by atoms with van der Waals surface area (Å²) in [6.45, 7) is 4.82. The fourth-order valence-corrected chi connectivity index (χ4v) is 3.93. The molecule has 1 aliphatic heterocycles. The van der Waals surface area contributed by atoms with Gasteiger partial charge in [-0.3, -0.25) is 0 Å². The minimum absolute atomic E-state index is 0.300. The molecule has 0 amide bonds. The third-order valence-corrected chi connectivity index (χ3v) is 5.37. The topological polar surface area (TPSA) is 50.5 Å². The average molecular weight is 382 g/mol. The Morgan fingerprint density at radius 1 is 1.32 bits per heavy atom. The molecule has 2 aromatic carbocycles. The lowest BCUT2D eigenvalue weighted by atomic mass is 9.91. The van der Waals surface area contributed by atoms with Gasteiger partial charge in [0.25, 0.3) is 0 Å². The SMILES string of the molecule is CCCNc1[c]ccc(N2CCC(c3noc4cc(F)ccc34)CC2)c1OC. The van der Waals surface area contributed by atoms with Crippen LogP contribution < -0.4 is 15.0 Å². The highest BCUT2D eigenvalue weighted by Gasteiger charge is 2.27. The van der Waals surface area contributed by atoms with E-state index in [9.17, 15) is 4.39 Å². The molecule has 5 nitrogen and oxygen atoms in total. The Bertz CT molecular complexity index is 948. The Labute approximate surface area is 164 Å². The monoisotopic (exact) mass is 382 g/mol. The predicted molar refractivity (Wildman–Crippen MR) is 109 cm³/mol. The summed E-state index contributed by atoms with van der Waals surface area (Å²) in [6, 6.07) is 11.9. The number of hydrogen-bond donors (Lipinski definition) is 1. The second-order valence-corrected chi connectivity index (χ2v) is 7.17. The molecular formula is C22H25FN3O2. The molecule has 1 fully saturated rings. The molecule has 0 aliphatic carbocycles. The van der Waals surface area contributed by atoms with Crippen LogP contribution in [0.4, 0.5) is 15.8 Å². The van der Waals surface area contributed by atoms with E-state index in [-0.39, 0.29) is 5.82 Å². The summed E-state index contributed by atoms with van der Waals surface area (Å²) in [5.41, 5.74) is 3.46. The van der Waals surface area contributed by atoms with Crippen LogP contribution in [0.1, 0.15) is 37.8 Å². The molecule has 0 atom stereocenters. The van der Waals surface area contributed by atoms with Crippen LogP contribution in [0.2, 0.25) is 0 Å². The van der Waals surface area contributed by atoms with Crippen LogP contribution in [0.15, 0.2) is 34.9 Å². The maximum Gasteiger partial charge on any atom is 0.170 e. The zero-order chi connectivity index (χ0) is 19.5. The highest BCUT2D eigenvalue weighted by Crippen LogP contribution is 2.39. The minimum Gasteiger partial charge on any atom is -0.492 e. The number of anilines is 2. The minimum atomic E-state index is -0.300. The van der Waals surface area contributed by atoms with Gasteiger partial charge in [0.15, 0.2) is 11.3 Å². The second-order valence-electron chi connectivity index (χ2n) is 7.17. The Morgan fingerprint density at radius 3 is 2.89 bits per heavy atom. The standard InChI is InChI=1S/C22H25FN3O2/c1-3-11-24-18-5-4-6-19(22(18)27-2)26-12-9-15(10-13-26)21-17-8-7-16(23)14-20(17)28-25-21/h4,6-8,14-15,24H,3,9-13H2,1-2H3. The van der Waals surface area contributed by atoms with Gasteiger partial charge < -0.3 is 19.5 Å². The summed E-state index contributed by atoms with van der Waals surface area (Å²) in [7, 11) is 1.71. The summed E-state index contributed by atoms with van der Waals surface area (Å²) in [4.78, 5) is 2.35. The molecule has 0 bridgehead atoms. The lowest BCUT2D eigenvalue weighted by molar-refractivity contribution is 0.405. The Hall–Kier alpha value is -2.76. The van der Waals surface area contributed by atoms with E-state index in [1.54, 1.807) is 13.2 Å². The summed E-state index contributed by atoms with van der Waals surface area (Å²) in [6.07, 6.45) is 2.96. The van der Waals surface area contributed by atoms with Crippen molar-refractivity contribution in [1.82, 2.24) is 5.16 Å². The predicted octanol–water partition coefficient (Wildman–Crippen LogP) is 4.98. The van der Waals surface area contributed by atoms with Crippen LogP contribution in [0.3, 0.4) is 0 Å². The van der Waals surface area contributed by atoms with Crippen LogP contribution >= 0.6 is 0 Å². The molecule has 147 valence electrons. The Morgan fingerprint density at radius 2 is 2.14 bits per heavy atom. The molecule has 2 heterocycles. The molecule has 1 N–H and O–H groups in total. The number of nitrogens with zero attached hydrogens (tertiary/aromatic N) is 2. The summed E-state index contributed by atoms with van der Waals surface area (Å²) in [5, 5.41) is 8.54. The molecule has 6 heteroatoms. The smallest absolute Gasteiger partial charge is 0.170 e. The van der Waals surface area contributed by atoms with Gasteiger partial charge in [-0.2, -0.15) is 0 Å². The maximum absolute atomic E-state index is 13.4. The molecule has 1 radical (unpaired) electrons. The fourth-order valence-electron chi connectivity index (χ4n) is 3.93. The van der Waals surface area contributed by atoms with Crippen molar-refractivity contribution >= 4 is 22.3 Å². The molecule has 4 rings (SSSR count). The number of benzene rings is 2. The third kappa shape index (κ3) is 3.51. The highest BCUT2D eigenvalue weighted by molar-refractivity contribution is 5.80. The number of aromatic nitrogens is 1. The van der Waals surface area contributed by atoms with Crippen molar-refractivity contribution in [3.63, 3.8) is 0 Å². The van der Waals surface area contributed by atoms with E-state index in [0.717, 1.165) is 67.1 Å². The number of piperidine rings is 1. The quantitative estimate of drug-likeness (QED) is 0.651. The lowest BCUT2D eigenvalue weighted by Crippen LogP contribution is -2.33. The molecule has 1 aromatic heterocycles. The Kier molecular flexibility index (Phi) is 5.37. The highest BCUT2D eigenvalue weighted by atomic mass is 19.1. The summed E-state index contributed by atoms with van der Waals surface area (Å²) < 4.78 is 24.4. The number of fused-ring (bicyclic) bond motifs is 1. The average Bonchev–Trinajstić information content (AvgIpc) is 3.15. The normalized spacial score (nSPS) is 15.2. The number of ether oxygens (including phenoxy) is 1. The van der Waals surface area contributed by atoms with Gasteiger partial charge in [0.1, 0.15) is 5.82 Å². The number of nitrogens with one attached hydrogen (secondary N) is 1. The van der Waals surface area contributed by atoms with Crippen molar-refractivity contribution in [1.29, 1.82) is 0 Å². The van der Waals surface area contributed by atoms with Crippen molar-refractivity contribution in [2.75, 3.05) is 37.0 Å². The van der Waals surface area contributed by atoms with E-state index < -0.39 is 0 Å². The van der Waals surface area contributed by atoms with Gasteiger partial charge in [0, 0.05) is 43.1 Å². The van der Waals surface area contributed by atoms with Gasteiger partial charge in [-0.05, 0) is 43.5 Å². The number of hydrogen-bond acceptors (Lipinski definition) is 5. The van der Waals surface area contributed by atoms with Gasteiger partial charge >= 0.3 is 0 Å². The van der Waals surface area contributed by atoms with E-state index in [2.05, 4.69) is 34.4 Å². The first kappa shape index (κ1) is 18.6. The van der Waals surface area contributed by atoms with Crippen LogP contribution in [-0.2, 0) is 0 Å². The third-order valence-electron chi connectivity index (χ3n) is 5.37. The van der Waals surface area contributed by atoms with Crippen molar-refractivity contribution in [2.24, 2.45) is 0 Å². The number of halogens is 1. The van der Waals surface area contributed by atoms with Gasteiger partial charge in [-0.1, -0.05) is 12.1 Å². The molecule has 1 saturated heterocycles. The first-order chi connectivity index (χ1) is 13.7. The first-order valence-electron chi connectivity index (χ1n) is 9.83. The van der Waals surface area contributed by atoms with Crippen molar-refractivity contribution in [2.45, 2.75) is 32.1 Å². The van der Waals surface area contributed by atoms with Crippen molar-refractivity contribution in [3.05, 3.63) is 47.9 Å². The molecule has 0 saturated carbocycles. The van der Waals surface area contributed by atoms with Crippen molar-refractivity contribution in [3.8, 4) is 5.75 Å². The van der Waals surface area contributed by atoms with E-state index in [1.165, 1.54) is 12.1 Å². The lowest BCUT2D eigenvalue weighted by Gasteiger charge is -2.34. The van der Waals surface area contributed by atoms with Gasteiger partial charge in [-0.25, -0.2) is 4.39 Å².